The third kappa shape index (κ3) is 2.93. The first-order valence-corrected chi connectivity index (χ1v) is 6.39. The average Bonchev–Trinajstić information content (AvgIpc) is 2.43. The zero-order chi connectivity index (χ0) is 13.8. The molecule has 2 nitrogen and oxygen atoms in total. The summed E-state index contributed by atoms with van der Waals surface area (Å²) in [5.41, 5.74) is 4.03. The lowest BCUT2D eigenvalue weighted by molar-refractivity contribution is 0.282. The number of aryl methyl sites for hydroxylation is 1. The van der Waals surface area contributed by atoms with Gasteiger partial charge in [0.25, 0.3) is 0 Å². The molecule has 100 valence electrons. The van der Waals surface area contributed by atoms with E-state index in [0.29, 0.717) is 0 Å². The molecule has 0 aliphatic carbocycles. The Balaban J connectivity index is 2.39. The van der Waals surface area contributed by atoms with Crippen LogP contribution in [0.5, 0.6) is 0 Å². The summed E-state index contributed by atoms with van der Waals surface area (Å²) < 4.78 is 13.0. The van der Waals surface area contributed by atoms with E-state index in [2.05, 4.69) is 11.8 Å². The van der Waals surface area contributed by atoms with Crippen molar-refractivity contribution in [2.75, 3.05) is 11.4 Å². The van der Waals surface area contributed by atoms with Crippen LogP contribution in [0.3, 0.4) is 0 Å². The van der Waals surface area contributed by atoms with E-state index in [0.717, 1.165) is 29.0 Å². The molecule has 2 rings (SSSR count). The Morgan fingerprint density at radius 2 is 1.79 bits per heavy atom. The smallest absolute Gasteiger partial charge is 0.123 e. The molecule has 19 heavy (non-hydrogen) atoms. The topological polar surface area (TPSA) is 23.5 Å². The van der Waals surface area contributed by atoms with Gasteiger partial charge < -0.3 is 10.0 Å². The van der Waals surface area contributed by atoms with Crippen molar-refractivity contribution in [3.63, 3.8) is 0 Å². The Morgan fingerprint density at radius 3 is 2.32 bits per heavy atom. The van der Waals surface area contributed by atoms with Gasteiger partial charge in [-0.15, -0.1) is 0 Å². The molecule has 0 radical (unpaired) electrons. The van der Waals surface area contributed by atoms with Crippen LogP contribution in [0.4, 0.5) is 15.8 Å². The number of halogens is 1. The fourth-order valence-electron chi connectivity index (χ4n) is 2.23. The van der Waals surface area contributed by atoms with E-state index >= 15 is 0 Å². The molecular weight excluding hydrogens is 241 g/mol. The molecule has 0 bridgehead atoms. The van der Waals surface area contributed by atoms with Crippen molar-refractivity contribution in [1.82, 2.24) is 0 Å². The van der Waals surface area contributed by atoms with E-state index in [4.69, 9.17) is 5.11 Å². The molecule has 0 heterocycles. The lowest BCUT2D eigenvalue weighted by atomic mass is 10.1. The van der Waals surface area contributed by atoms with Gasteiger partial charge >= 0.3 is 0 Å². The van der Waals surface area contributed by atoms with E-state index in [1.165, 1.54) is 12.1 Å². The third-order valence-corrected chi connectivity index (χ3v) is 3.19. The molecule has 1 N–H and O–H groups in total. The molecule has 0 saturated heterocycles. The van der Waals surface area contributed by atoms with Crippen LogP contribution < -0.4 is 4.90 Å². The summed E-state index contributed by atoms with van der Waals surface area (Å²) in [4.78, 5) is 2.12. The Kier molecular flexibility index (Phi) is 4.17. The van der Waals surface area contributed by atoms with Gasteiger partial charge in [0.2, 0.25) is 0 Å². The SMILES string of the molecule is CCN(c1ccc(F)cc1)c1ccc(CO)cc1C. The van der Waals surface area contributed by atoms with Crippen LogP contribution in [0.25, 0.3) is 0 Å². The van der Waals surface area contributed by atoms with Crippen molar-refractivity contribution >= 4 is 11.4 Å². The van der Waals surface area contributed by atoms with Crippen molar-refractivity contribution in [2.24, 2.45) is 0 Å². The summed E-state index contributed by atoms with van der Waals surface area (Å²) in [5, 5.41) is 9.14. The number of hydrogen-bond donors (Lipinski definition) is 1. The van der Waals surface area contributed by atoms with Gasteiger partial charge in [-0.2, -0.15) is 0 Å². The molecule has 0 spiro atoms. The first kappa shape index (κ1) is 13.6. The zero-order valence-electron chi connectivity index (χ0n) is 11.2. The molecule has 0 aliphatic rings. The molecule has 0 aromatic heterocycles. The van der Waals surface area contributed by atoms with Gasteiger partial charge in [-0.05, 0) is 55.3 Å². The van der Waals surface area contributed by atoms with Crippen molar-refractivity contribution in [3.8, 4) is 0 Å². The summed E-state index contributed by atoms with van der Waals surface area (Å²) >= 11 is 0. The van der Waals surface area contributed by atoms with Crippen LogP contribution >= 0.6 is 0 Å². The highest BCUT2D eigenvalue weighted by atomic mass is 19.1. The van der Waals surface area contributed by atoms with Gasteiger partial charge in [0.15, 0.2) is 0 Å². The number of aliphatic hydroxyl groups is 1. The predicted molar refractivity (Wildman–Crippen MR) is 76.2 cm³/mol. The number of anilines is 2. The summed E-state index contributed by atoms with van der Waals surface area (Å²) in [7, 11) is 0. The van der Waals surface area contributed by atoms with Gasteiger partial charge in [-0.1, -0.05) is 12.1 Å². The summed E-state index contributed by atoms with van der Waals surface area (Å²) in [5.74, 6) is -0.229. The largest absolute Gasteiger partial charge is 0.392 e. The fraction of sp³-hybridized carbons (Fsp3) is 0.250. The molecule has 0 saturated carbocycles. The minimum Gasteiger partial charge on any atom is -0.392 e. The Hall–Kier alpha value is -1.87. The number of hydrogen-bond acceptors (Lipinski definition) is 2. The Bertz CT molecular complexity index is 551. The normalized spacial score (nSPS) is 10.5. The Morgan fingerprint density at radius 1 is 1.11 bits per heavy atom. The summed E-state index contributed by atoms with van der Waals surface area (Å²) in [6.07, 6.45) is 0. The molecule has 0 unspecified atom stereocenters. The molecule has 0 atom stereocenters. The predicted octanol–water partition coefficient (Wildman–Crippen LogP) is 3.78. The molecule has 2 aromatic carbocycles. The van der Waals surface area contributed by atoms with E-state index in [9.17, 15) is 4.39 Å². The molecular formula is C16H18FNO. The average molecular weight is 259 g/mol. The van der Waals surface area contributed by atoms with Crippen molar-refractivity contribution in [2.45, 2.75) is 20.5 Å². The van der Waals surface area contributed by atoms with Gasteiger partial charge in [-0.25, -0.2) is 4.39 Å². The summed E-state index contributed by atoms with van der Waals surface area (Å²) in [6.45, 7) is 4.91. The lowest BCUT2D eigenvalue weighted by Crippen LogP contribution is -2.17. The minimum absolute atomic E-state index is 0.0454. The summed E-state index contributed by atoms with van der Waals surface area (Å²) in [6, 6.07) is 12.4. The van der Waals surface area contributed by atoms with Crippen molar-refractivity contribution in [1.29, 1.82) is 0 Å². The number of rotatable bonds is 4. The van der Waals surface area contributed by atoms with Crippen LogP contribution in [0.1, 0.15) is 18.1 Å². The second kappa shape index (κ2) is 5.85. The molecule has 0 fully saturated rings. The van der Waals surface area contributed by atoms with Gasteiger partial charge in [-0.3, -0.25) is 0 Å². The van der Waals surface area contributed by atoms with Gasteiger partial charge in [0, 0.05) is 17.9 Å². The number of nitrogens with zero attached hydrogens (tertiary/aromatic N) is 1. The standard InChI is InChI=1S/C16H18FNO/c1-3-18(15-7-5-14(17)6-8-15)16-9-4-13(11-19)10-12(16)2/h4-10,19H,3,11H2,1-2H3. The third-order valence-electron chi connectivity index (χ3n) is 3.19. The monoisotopic (exact) mass is 259 g/mol. The van der Waals surface area contributed by atoms with E-state index in [1.807, 2.05) is 25.1 Å². The van der Waals surface area contributed by atoms with Crippen molar-refractivity contribution < 1.29 is 9.50 Å². The maximum absolute atomic E-state index is 13.0. The van der Waals surface area contributed by atoms with Crippen molar-refractivity contribution in [3.05, 3.63) is 59.4 Å². The number of benzene rings is 2. The molecule has 0 amide bonds. The first-order valence-electron chi connectivity index (χ1n) is 6.39. The lowest BCUT2D eigenvalue weighted by Gasteiger charge is -2.25. The second-order valence-corrected chi connectivity index (χ2v) is 4.50. The first-order chi connectivity index (χ1) is 9.15. The molecule has 0 aliphatic heterocycles. The fourth-order valence-corrected chi connectivity index (χ4v) is 2.23. The zero-order valence-corrected chi connectivity index (χ0v) is 11.2. The van der Waals surface area contributed by atoms with Gasteiger partial charge in [0.05, 0.1) is 6.61 Å². The minimum atomic E-state index is -0.229. The highest BCUT2D eigenvalue weighted by Crippen LogP contribution is 2.28. The maximum Gasteiger partial charge on any atom is 0.123 e. The van der Waals surface area contributed by atoms with Gasteiger partial charge in [0.1, 0.15) is 5.82 Å². The van der Waals surface area contributed by atoms with Crippen LogP contribution in [0.15, 0.2) is 42.5 Å². The quantitative estimate of drug-likeness (QED) is 0.903. The van der Waals surface area contributed by atoms with E-state index in [1.54, 1.807) is 12.1 Å². The van der Waals surface area contributed by atoms with Crippen LogP contribution in [-0.2, 0) is 6.61 Å². The number of aliphatic hydroxyl groups excluding tert-OH is 1. The van der Waals surface area contributed by atoms with Crippen LogP contribution in [0, 0.1) is 12.7 Å². The second-order valence-electron chi connectivity index (χ2n) is 4.50. The molecule has 2 aromatic rings. The highest BCUT2D eigenvalue weighted by Gasteiger charge is 2.10. The van der Waals surface area contributed by atoms with Crippen LogP contribution in [0.2, 0.25) is 0 Å². The highest BCUT2D eigenvalue weighted by molar-refractivity contribution is 5.66. The van der Waals surface area contributed by atoms with E-state index < -0.39 is 0 Å². The van der Waals surface area contributed by atoms with E-state index in [-0.39, 0.29) is 12.4 Å². The van der Waals surface area contributed by atoms with Crippen LogP contribution in [-0.4, -0.2) is 11.7 Å². The maximum atomic E-state index is 13.0. The molecule has 3 heteroatoms. The Labute approximate surface area is 113 Å².